The molecular weight excluding hydrogens is 214 g/mol. The van der Waals surface area contributed by atoms with E-state index in [0.717, 1.165) is 19.4 Å². The fraction of sp³-hybridized carbons (Fsp3) is 0.929. The predicted octanol–water partition coefficient (Wildman–Crippen LogP) is 2.74. The number of esters is 1. The number of nitrogens with one attached hydrogen (secondary N) is 1. The summed E-state index contributed by atoms with van der Waals surface area (Å²) in [4.78, 5) is 12.1. The van der Waals surface area contributed by atoms with Gasteiger partial charge < -0.3 is 10.1 Å². The van der Waals surface area contributed by atoms with Crippen LogP contribution in [0.15, 0.2) is 0 Å². The van der Waals surface area contributed by atoms with Crippen molar-refractivity contribution < 1.29 is 9.53 Å². The van der Waals surface area contributed by atoms with Crippen LogP contribution in [0.25, 0.3) is 0 Å². The van der Waals surface area contributed by atoms with Gasteiger partial charge in [0.1, 0.15) is 11.6 Å². The summed E-state index contributed by atoms with van der Waals surface area (Å²) in [5.41, 5.74) is -0.134. The first-order valence-corrected chi connectivity index (χ1v) is 6.55. The van der Waals surface area contributed by atoms with Crippen molar-refractivity contribution in [2.45, 2.75) is 66.0 Å². The molecule has 0 aliphatic carbocycles. The first-order chi connectivity index (χ1) is 7.58. The third-order valence-electron chi connectivity index (χ3n) is 2.89. The molecule has 0 aromatic rings. The smallest absolute Gasteiger partial charge is 0.323 e. The molecule has 1 aliphatic rings. The van der Waals surface area contributed by atoms with Gasteiger partial charge in [-0.1, -0.05) is 20.8 Å². The van der Waals surface area contributed by atoms with Crippen molar-refractivity contribution in [1.82, 2.24) is 5.32 Å². The first kappa shape index (κ1) is 14.5. The van der Waals surface area contributed by atoms with Gasteiger partial charge >= 0.3 is 5.97 Å². The van der Waals surface area contributed by atoms with Crippen molar-refractivity contribution in [3.63, 3.8) is 0 Å². The molecule has 0 aromatic carbocycles. The number of rotatable bonds is 2. The second kappa shape index (κ2) is 4.97. The molecule has 1 heterocycles. The number of carbonyl (C=O) groups is 1. The molecule has 0 saturated carbocycles. The summed E-state index contributed by atoms with van der Waals surface area (Å²) in [5, 5.41) is 3.28. The Kier molecular flexibility index (Phi) is 4.23. The second-order valence-electron chi connectivity index (χ2n) is 7.28. The molecule has 1 saturated heterocycles. The lowest BCUT2D eigenvalue weighted by molar-refractivity contribution is -0.158. The van der Waals surface area contributed by atoms with Crippen LogP contribution in [0, 0.1) is 11.3 Å². The molecule has 0 aromatic heterocycles. The van der Waals surface area contributed by atoms with Crippen LogP contribution >= 0.6 is 0 Å². The van der Waals surface area contributed by atoms with Crippen molar-refractivity contribution in [3.05, 3.63) is 0 Å². The second-order valence-corrected chi connectivity index (χ2v) is 7.28. The molecule has 1 aliphatic heterocycles. The minimum atomic E-state index is -0.395. The zero-order valence-electron chi connectivity index (χ0n) is 12.1. The Morgan fingerprint density at radius 3 is 2.29 bits per heavy atom. The van der Waals surface area contributed by atoms with E-state index in [4.69, 9.17) is 4.74 Å². The lowest BCUT2D eigenvalue weighted by Gasteiger charge is -2.28. The van der Waals surface area contributed by atoms with Crippen LogP contribution in [0.5, 0.6) is 0 Å². The highest BCUT2D eigenvalue weighted by Gasteiger charge is 2.37. The highest BCUT2D eigenvalue weighted by Crippen LogP contribution is 2.31. The fourth-order valence-corrected chi connectivity index (χ4v) is 2.41. The Hall–Kier alpha value is -0.570. The zero-order valence-corrected chi connectivity index (χ0v) is 12.1. The van der Waals surface area contributed by atoms with Gasteiger partial charge in [0.15, 0.2) is 0 Å². The minimum Gasteiger partial charge on any atom is -0.459 e. The molecule has 0 unspecified atom stereocenters. The van der Waals surface area contributed by atoms with E-state index in [2.05, 4.69) is 26.1 Å². The summed E-state index contributed by atoms with van der Waals surface area (Å²) >= 11 is 0. The largest absolute Gasteiger partial charge is 0.459 e. The highest BCUT2D eigenvalue weighted by atomic mass is 16.6. The third kappa shape index (κ3) is 5.07. The Bertz CT molecular complexity index is 273. The van der Waals surface area contributed by atoms with Gasteiger partial charge in [0.05, 0.1) is 0 Å². The maximum absolute atomic E-state index is 12.1. The Labute approximate surface area is 105 Å². The van der Waals surface area contributed by atoms with E-state index >= 15 is 0 Å². The van der Waals surface area contributed by atoms with Crippen LogP contribution in [0.1, 0.15) is 54.4 Å². The predicted molar refractivity (Wildman–Crippen MR) is 69.8 cm³/mol. The highest BCUT2D eigenvalue weighted by molar-refractivity contribution is 5.77. The maximum atomic E-state index is 12.1. The molecule has 1 N–H and O–H groups in total. The van der Waals surface area contributed by atoms with Crippen molar-refractivity contribution in [2.24, 2.45) is 11.3 Å². The summed E-state index contributed by atoms with van der Waals surface area (Å²) in [5.74, 6) is 0.314. The van der Waals surface area contributed by atoms with Crippen LogP contribution in [-0.4, -0.2) is 24.2 Å². The van der Waals surface area contributed by atoms with Gasteiger partial charge in [-0.05, 0) is 51.5 Å². The van der Waals surface area contributed by atoms with Gasteiger partial charge in [-0.3, -0.25) is 4.79 Å². The van der Waals surface area contributed by atoms with Crippen LogP contribution in [0.3, 0.4) is 0 Å². The van der Waals surface area contributed by atoms with Crippen molar-refractivity contribution in [1.29, 1.82) is 0 Å². The Morgan fingerprint density at radius 2 is 1.82 bits per heavy atom. The van der Waals surface area contributed by atoms with Crippen LogP contribution in [0.4, 0.5) is 0 Å². The number of carbonyl (C=O) groups excluding carboxylic acids is 1. The lowest BCUT2D eigenvalue weighted by atomic mass is 9.81. The average Bonchev–Trinajstić information content (AvgIpc) is 2.45. The minimum absolute atomic E-state index is 0.0933. The van der Waals surface area contributed by atoms with Gasteiger partial charge in [-0.15, -0.1) is 0 Å². The molecule has 3 heteroatoms. The van der Waals surface area contributed by atoms with Gasteiger partial charge in [-0.2, -0.15) is 0 Å². The van der Waals surface area contributed by atoms with E-state index in [1.165, 1.54) is 0 Å². The van der Waals surface area contributed by atoms with Crippen LogP contribution < -0.4 is 5.32 Å². The zero-order chi connectivity index (χ0) is 13.3. The molecule has 100 valence electrons. The number of hydrogen-bond donors (Lipinski definition) is 1. The quantitative estimate of drug-likeness (QED) is 0.755. The lowest BCUT2D eigenvalue weighted by Crippen LogP contribution is -2.41. The van der Waals surface area contributed by atoms with Gasteiger partial charge in [0.2, 0.25) is 0 Å². The molecule has 2 atom stereocenters. The summed E-state index contributed by atoms with van der Waals surface area (Å²) in [7, 11) is 0. The number of ether oxygens (including phenoxy) is 1. The van der Waals surface area contributed by atoms with Crippen molar-refractivity contribution >= 4 is 5.97 Å². The fourth-order valence-electron chi connectivity index (χ4n) is 2.41. The van der Waals surface area contributed by atoms with Gasteiger partial charge in [0, 0.05) is 0 Å². The molecule has 0 radical (unpaired) electrons. The first-order valence-electron chi connectivity index (χ1n) is 6.55. The summed E-state index contributed by atoms with van der Waals surface area (Å²) < 4.78 is 5.46. The summed E-state index contributed by atoms with van der Waals surface area (Å²) in [6.45, 7) is 13.3. The summed E-state index contributed by atoms with van der Waals surface area (Å²) in [6, 6.07) is -0.117. The van der Waals surface area contributed by atoms with Crippen molar-refractivity contribution in [3.8, 4) is 0 Å². The van der Waals surface area contributed by atoms with E-state index in [9.17, 15) is 4.79 Å². The molecule has 1 rings (SSSR count). The van der Waals surface area contributed by atoms with E-state index in [1.807, 2.05) is 20.8 Å². The molecule has 0 amide bonds. The van der Waals surface area contributed by atoms with Gasteiger partial charge in [-0.25, -0.2) is 0 Å². The molecule has 0 bridgehead atoms. The van der Waals surface area contributed by atoms with E-state index in [1.54, 1.807) is 0 Å². The average molecular weight is 241 g/mol. The molecule has 1 fully saturated rings. The molecule has 17 heavy (non-hydrogen) atoms. The molecular formula is C14H27NO2. The normalized spacial score (nSPS) is 26.0. The van der Waals surface area contributed by atoms with E-state index in [-0.39, 0.29) is 17.4 Å². The third-order valence-corrected chi connectivity index (χ3v) is 2.89. The van der Waals surface area contributed by atoms with E-state index in [0.29, 0.717) is 5.92 Å². The van der Waals surface area contributed by atoms with Gasteiger partial charge in [0.25, 0.3) is 0 Å². The van der Waals surface area contributed by atoms with Crippen LogP contribution in [0.2, 0.25) is 0 Å². The van der Waals surface area contributed by atoms with Crippen LogP contribution in [-0.2, 0) is 9.53 Å². The topological polar surface area (TPSA) is 38.3 Å². The molecule has 3 nitrogen and oxygen atoms in total. The van der Waals surface area contributed by atoms with E-state index < -0.39 is 5.60 Å². The SMILES string of the molecule is CC(C)(C)C[C@H]1CCN[C@@H]1C(=O)OC(C)(C)C. The Balaban J connectivity index is 2.60. The molecule has 0 spiro atoms. The number of hydrogen-bond acceptors (Lipinski definition) is 3. The summed E-state index contributed by atoms with van der Waals surface area (Å²) in [6.07, 6.45) is 2.13. The maximum Gasteiger partial charge on any atom is 0.323 e. The Morgan fingerprint density at radius 1 is 1.24 bits per heavy atom. The van der Waals surface area contributed by atoms with Crippen molar-refractivity contribution in [2.75, 3.05) is 6.54 Å². The standard InChI is InChI=1S/C14H27NO2/c1-13(2,3)9-10-7-8-15-11(10)12(16)17-14(4,5)6/h10-11,15H,7-9H2,1-6H3/t10-,11+/m1/s1. The monoisotopic (exact) mass is 241 g/mol.